The van der Waals surface area contributed by atoms with E-state index in [1.807, 2.05) is 25.7 Å². The van der Waals surface area contributed by atoms with Gasteiger partial charge in [-0.2, -0.15) is 5.26 Å². The van der Waals surface area contributed by atoms with Crippen molar-refractivity contribution in [3.8, 4) is 6.07 Å². The van der Waals surface area contributed by atoms with E-state index in [1.54, 1.807) is 18.2 Å². The molecule has 0 spiro atoms. The first-order valence-corrected chi connectivity index (χ1v) is 6.85. The molecule has 0 aromatic heterocycles. The standard InChI is InChI=1S/C15H22N4O/c1-4-18-15(20)13-7-6-12(17)8-14(13)19(5-2)10-11(3)9-16/h6-8,11H,4-5,10,17H2,1-3H3,(H,18,20). The van der Waals surface area contributed by atoms with Crippen LogP contribution in [0, 0.1) is 17.2 Å². The summed E-state index contributed by atoms with van der Waals surface area (Å²) in [5.41, 5.74) is 7.81. The quantitative estimate of drug-likeness (QED) is 0.777. The van der Waals surface area contributed by atoms with Gasteiger partial charge in [0.1, 0.15) is 0 Å². The number of rotatable bonds is 6. The molecule has 1 amide bonds. The van der Waals surface area contributed by atoms with Crippen LogP contribution in [0.2, 0.25) is 0 Å². The number of nitrogen functional groups attached to an aromatic ring is 1. The van der Waals surface area contributed by atoms with Crippen molar-refractivity contribution in [3.05, 3.63) is 23.8 Å². The fourth-order valence-corrected chi connectivity index (χ4v) is 2.03. The molecule has 0 fully saturated rings. The third-order valence-electron chi connectivity index (χ3n) is 3.04. The van der Waals surface area contributed by atoms with Gasteiger partial charge < -0.3 is 16.0 Å². The summed E-state index contributed by atoms with van der Waals surface area (Å²) in [6.07, 6.45) is 0. The number of hydrogen-bond donors (Lipinski definition) is 2. The number of anilines is 2. The number of nitrogens with two attached hydrogens (primary N) is 1. The van der Waals surface area contributed by atoms with Gasteiger partial charge in [-0.15, -0.1) is 0 Å². The molecule has 1 aromatic carbocycles. The van der Waals surface area contributed by atoms with E-state index in [9.17, 15) is 4.79 Å². The summed E-state index contributed by atoms with van der Waals surface area (Å²) >= 11 is 0. The monoisotopic (exact) mass is 274 g/mol. The van der Waals surface area contributed by atoms with Crippen molar-refractivity contribution in [3.63, 3.8) is 0 Å². The maximum absolute atomic E-state index is 12.1. The van der Waals surface area contributed by atoms with Crippen molar-refractivity contribution >= 4 is 17.3 Å². The summed E-state index contributed by atoms with van der Waals surface area (Å²) < 4.78 is 0. The largest absolute Gasteiger partial charge is 0.399 e. The van der Waals surface area contributed by atoms with Gasteiger partial charge in [-0.05, 0) is 39.0 Å². The van der Waals surface area contributed by atoms with Crippen LogP contribution in [0.5, 0.6) is 0 Å². The topological polar surface area (TPSA) is 82.2 Å². The lowest BCUT2D eigenvalue weighted by molar-refractivity contribution is 0.0956. The summed E-state index contributed by atoms with van der Waals surface area (Å²) in [5.74, 6) is -0.232. The Balaban J connectivity index is 3.15. The number of nitrogens with one attached hydrogen (secondary N) is 1. The van der Waals surface area contributed by atoms with Crippen LogP contribution in [0.25, 0.3) is 0 Å². The zero-order chi connectivity index (χ0) is 15.1. The molecular formula is C15H22N4O. The lowest BCUT2D eigenvalue weighted by Crippen LogP contribution is -2.31. The molecule has 0 saturated carbocycles. The summed E-state index contributed by atoms with van der Waals surface area (Å²) in [6, 6.07) is 7.45. The van der Waals surface area contributed by atoms with E-state index in [0.29, 0.717) is 30.9 Å². The number of nitriles is 1. The normalized spacial score (nSPS) is 11.5. The van der Waals surface area contributed by atoms with Gasteiger partial charge in [-0.3, -0.25) is 4.79 Å². The molecule has 0 aliphatic carbocycles. The van der Waals surface area contributed by atoms with E-state index >= 15 is 0 Å². The SMILES string of the molecule is CCNC(=O)c1ccc(N)cc1N(CC)CC(C)C#N. The van der Waals surface area contributed by atoms with Crippen LogP contribution in [0.1, 0.15) is 31.1 Å². The molecule has 20 heavy (non-hydrogen) atoms. The summed E-state index contributed by atoms with van der Waals surface area (Å²) in [5, 5.41) is 11.8. The van der Waals surface area contributed by atoms with Crippen molar-refractivity contribution in [1.82, 2.24) is 5.32 Å². The molecule has 0 saturated heterocycles. The Morgan fingerprint density at radius 3 is 2.75 bits per heavy atom. The maximum Gasteiger partial charge on any atom is 0.253 e. The van der Waals surface area contributed by atoms with Crippen molar-refractivity contribution in [2.75, 3.05) is 30.3 Å². The number of carbonyl (C=O) groups excluding carboxylic acids is 1. The minimum Gasteiger partial charge on any atom is -0.399 e. The predicted octanol–water partition coefficient (Wildman–Crippen LogP) is 2.00. The molecule has 5 nitrogen and oxygen atoms in total. The zero-order valence-corrected chi connectivity index (χ0v) is 12.3. The predicted molar refractivity (Wildman–Crippen MR) is 81.5 cm³/mol. The number of hydrogen-bond acceptors (Lipinski definition) is 4. The molecule has 1 atom stereocenters. The number of amides is 1. The van der Waals surface area contributed by atoms with Crippen LogP contribution in [-0.2, 0) is 0 Å². The second-order valence-corrected chi connectivity index (χ2v) is 4.70. The Morgan fingerprint density at radius 2 is 2.20 bits per heavy atom. The van der Waals surface area contributed by atoms with Gasteiger partial charge in [-0.1, -0.05) is 0 Å². The third-order valence-corrected chi connectivity index (χ3v) is 3.04. The van der Waals surface area contributed by atoms with E-state index in [1.165, 1.54) is 0 Å². The van der Waals surface area contributed by atoms with Crippen molar-refractivity contribution < 1.29 is 4.79 Å². The molecule has 5 heteroatoms. The highest BCUT2D eigenvalue weighted by molar-refractivity contribution is 6.00. The van der Waals surface area contributed by atoms with Gasteiger partial charge in [0, 0.05) is 25.3 Å². The van der Waals surface area contributed by atoms with E-state index in [0.717, 1.165) is 5.69 Å². The zero-order valence-electron chi connectivity index (χ0n) is 12.3. The lowest BCUT2D eigenvalue weighted by atomic mass is 10.1. The van der Waals surface area contributed by atoms with Crippen LogP contribution in [0.15, 0.2) is 18.2 Å². The average molecular weight is 274 g/mol. The third kappa shape index (κ3) is 3.89. The smallest absolute Gasteiger partial charge is 0.253 e. The molecular weight excluding hydrogens is 252 g/mol. The molecule has 0 radical (unpaired) electrons. The molecule has 0 aliphatic rings. The van der Waals surface area contributed by atoms with Crippen LogP contribution in [0.3, 0.4) is 0 Å². The van der Waals surface area contributed by atoms with Crippen LogP contribution < -0.4 is 16.0 Å². The molecule has 0 heterocycles. The molecule has 108 valence electrons. The van der Waals surface area contributed by atoms with E-state index < -0.39 is 0 Å². The fraction of sp³-hybridized carbons (Fsp3) is 0.467. The van der Waals surface area contributed by atoms with Crippen LogP contribution >= 0.6 is 0 Å². The molecule has 1 aromatic rings. The van der Waals surface area contributed by atoms with E-state index in [2.05, 4.69) is 11.4 Å². The number of nitrogens with zero attached hydrogens (tertiary/aromatic N) is 2. The maximum atomic E-state index is 12.1. The Morgan fingerprint density at radius 1 is 1.50 bits per heavy atom. The van der Waals surface area contributed by atoms with Gasteiger partial charge in [0.2, 0.25) is 0 Å². The van der Waals surface area contributed by atoms with Crippen molar-refractivity contribution in [2.24, 2.45) is 5.92 Å². The second kappa shape index (κ2) is 7.39. The van der Waals surface area contributed by atoms with Crippen LogP contribution in [0.4, 0.5) is 11.4 Å². The molecule has 1 rings (SSSR count). The summed E-state index contributed by atoms with van der Waals surface area (Å²) in [4.78, 5) is 14.1. The Bertz CT molecular complexity index is 507. The molecule has 0 bridgehead atoms. The number of benzene rings is 1. The number of carbonyl (C=O) groups is 1. The van der Waals surface area contributed by atoms with Gasteiger partial charge in [0.05, 0.1) is 23.2 Å². The summed E-state index contributed by atoms with van der Waals surface area (Å²) in [6.45, 7) is 7.59. The molecule has 0 aliphatic heterocycles. The lowest BCUT2D eigenvalue weighted by Gasteiger charge is -2.26. The highest BCUT2D eigenvalue weighted by Crippen LogP contribution is 2.24. The van der Waals surface area contributed by atoms with E-state index in [-0.39, 0.29) is 11.8 Å². The Kier molecular flexibility index (Phi) is 5.85. The van der Waals surface area contributed by atoms with Gasteiger partial charge in [-0.25, -0.2) is 0 Å². The van der Waals surface area contributed by atoms with Gasteiger partial charge in [0.25, 0.3) is 5.91 Å². The van der Waals surface area contributed by atoms with Gasteiger partial charge >= 0.3 is 0 Å². The minimum atomic E-state index is -0.120. The molecule has 1 unspecified atom stereocenters. The highest BCUT2D eigenvalue weighted by Gasteiger charge is 2.17. The van der Waals surface area contributed by atoms with Crippen molar-refractivity contribution in [2.45, 2.75) is 20.8 Å². The Labute approximate surface area is 120 Å². The first kappa shape index (κ1) is 15.8. The van der Waals surface area contributed by atoms with Crippen molar-refractivity contribution in [1.29, 1.82) is 5.26 Å². The average Bonchev–Trinajstić information content (AvgIpc) is 2.44. The van der Waals surface area contributed by atoms with Gasteiger partial charge in [0.15, 0.2) is 0 Å². The first-order chi connectivity index (χ1) is 9.53. The fourth-order valence-electron chi connectivity index (χ4n) is 2.03. The van der Waals surface area contributed by atoms with E-state index in [4.69, 9.17) is 11.0 Å². The Hall–Kier alpha value is -2.22. The van der Waals surface area contributed by atoms with Crippen LogP contribution in [-0.4, -0.2) is 25.5 Å². The second-order valence-electron chi connectivity index (χ2n) is 4.70. The minimum absolute atomic E-state index is 0.113. The first-order valence-electron chi connectivity index (χ1n) is 6.85. The highest BCUT2D eigenvalue weighted by atomic mass is 16.1. The summed E-state index contributed by atoms with van der Waals surface area (Å²) in [7, 11) is 0. The molecule has 3 N–H and O–H groups in total.